The fraction of sp³-hybridized carbons (Fsp3) is 0.538. The fourth-order valence-electron chi connectivity index (χ4n) is 2.47. The molecule has 0 saturated carbocycles. The number of hydrogen-bond donors (Lipinski definition) is 1. The van der Waals surface area contributed by atoms with Gasteiger partial charge in [0.15, 0.2) is 0 Å². The van der Waals surface area contributed by atoms with Gasteiger partial charge in [-0.15, -0.1) is 0 Å². The lowest BCUT2D eigenvalue weighted by atomic mass is 9.84. The van der Waals surface area contributed by atoms with Gasteiger partial charge in [0.05, 0.1) is 11.5 Å². The predicted octanol–water partition coefficient (Wildman–Crippen LogP) is 1.28. The maximum atomic E-state index is 12.1. The summed E-state index contributed by atoms with van der Waals surface area (Å²) >= 11 is 0. The molecule has 1 aliphatic rings. The van der Waals surface area contributed by atoms with Gasteiger partial charge in [-0.3, -0.25) is 4.18 Å². The van der Waals surface area contributed by atoms with Gasteiger partial charge in [0.1, 0.15) is 0 Å². The molecule has 0 radical (unpaired) electrons. The van der Waals surface area contributed by atoms with Crippen LogP contribution in [0.3, 0.4) is 0 Å². The van der Waals surface area contributed by atoms with Crippen LogP contribution in [-0.4, -0.2) is 44.5 Å². The molecule has 1 aliphatic heterocycles. The third-order valence-corrected chi connectivity index (χ3v) is 4.92. The van der Waals surface area contributed by atoms with Gasteiger partial charge < -0.3 is 9.83 Å². The van der Waals surface area contributed by atoms with Crippen LogP contribution in [0.25, 0.3) is 0 Å². The highest BCUT2D eigenvalue weighted by Crippen LogP contribution is 2.20. The molecule has 7 heteroatoms. The molecule has 2 rings (SSSR count). The zero-order valence-corrected chi connectivity index (χ0v) is 12.6. The van der Waals surface area contributed by atoms with Crippen LogP contribution in [0.4, 0.5) is 0 Å². The summed E-state index contributed by atoms with van der Waals surface area (Å²) in [5.74, 6) is 0. The maximum Gasteiger partial charge on any atom is 0.376 e. The van der Waals surface area contributed by atoms with Gasteiger partial charge in [0.2, 0.25) is 0 Å². The molecule has 110 valence electrons. The Balaban J connectivity index is 2.01. The van der Waals surface area contributed by atoms with E-state index in [4.69, 9.17) is 4.18 Å². The molecule has 20 heavy (non-hydrogen) atoms. The first-order valence-corrected chi connectivity index (χ1v) is 8.21. The molecule has 1 unspecified atom stereocenters. The van der Waals surface area contributed by atoms with Crippen LogP contribution in [0.2, 0.25) is 6.82 Å². The Morgan fingerprint density at radius 1 is 1.40 bits per heavy atom. The Morgan fingerprint density at radius 2 is 2.05 bits per heavy atom. The topological polar surface area (TPSA) is 66.8 Å². The fourth-order valence-corrected chi connectivity index (χ4v) is 3.41. The lowest BCUT2D eigenvalue weighted by molar-refractivity contribution is 0.224. The van der Waals surface area contributed by atoms with Gasteiger partial charge in [-0.2, -0.15) is 8.42 Å². The van der Waals surface area contributed by atoms with E-state index in [9.17, 15) is 13.4 Å². The number of hydrogen-bond acceptors (Lipinski definition) is 5. The molecule has 0 amide bonds. The van der Waals surface area contributed by atoms with Crippen molar-refractivity contribution in [2.75, 3.05) is 13.2 Å². The van der Waals surface area contributed by atoms with Gasteiger partial charge in [-0.25, -0.2) is 0 Å². The summed E-state index contributed by atoms with van der Waals surface area (Å²) in [6, 6.07) is 6.54. The van der Waals surface area contributed by atoms with Crippen molar-refractivity contribution in [3.05, 3.63) is 29.8 Å². The summed E-state index contributed by atoms with van der Waals surface area (Å²) in [5.41, 5.74) is 1.00. The second-order valence-electron chi connectivity index (χ2n) is 5.22. The predicted molar refractivity (Wildman–Crippen MR) is 77.9 cm³/mol. The molecule has 1 N–H and O–H groups in total. The molecule has 1 fully saturated rings. The van der Waals surface area contributed by atoms with Gasteiger partial charge in [-0.1, -0.05) is 17.7 Å². The lowest BCUT2D eigenvalue weighted by Gasteiger charge is -2.24. The van der Waals surface area contributed by atoms with E-state index in [0.29, 0.717) is 0 Å². The van der Waals surface area contributed by atoms with Crippen LogP contribution in [0.1, 0.15) is 18.4 Å². The van der Waals surface area contributed by atoms with E-state index >= 15 is 0 Å². The lowest BCUT2D eigenvalue weighted by Crippen LogP contribution is -2.43. The number of benzene rings is 1. The average Bonchev–Trinajstić information content (AvgIpc) is 2.85. The van der Waals surface area contributed by atoms with Crippen LogP contribution >= 0.6 is 0 Å². The van der Waals surface area contributed by atoms with Crippen LogP contribution in [0, 0.1) is 6.92 Å². The minimum Gasteiger partial charge on any atom is -0.437 e. The van der Waals surface area contributed by atoms with Crippen molar-refractivity contribution < 1.29 is 17.6 Å². The third kappa shape index (κ3) is 3.60. The van der Waals surface area contributed by atoms with E-state index in [1.165, 1.54) is 0 Å². The third-order valence-electron chi connectivity index (χ3n) is 3.63. The Labute approximate surface area is 120 Å². The van der Waals surface area contributed by atoms with E-state index in [1.807, 2.05) is 11.7 Å². The summed E-state index contributed by atoms with van der Waals surface area (Å²) in [4.78, 5) is 2.04. The van der Waals surface area contributed by atoms with E-state index in [2.05, 4.69) is 0 Å². The van der Waals surface area contributed by atoms with Crippen molar-refractivity contribution in [3.8, 4) is 0 Å². The zero-order chi connectivity index (χ0) is 14.8. The number of nitrogens with zero attached hydrogens (tertiary/aromatic N) is 1. The van der Waals surface area contributed by atoms with Crippen molar-refractivity contribution in [3.63, 3.8) is 0 Å². The Morgan fingerprint density at radius 3 is 2.65 bits per heavy atom. The molecule has 5 nitrogen and oxygen atoms in total. The van der Waals surface area contributed by atoms with Gasteiger partial charge in [-0.05, 0) is 45.3 Å². The summed E-state index contributed by atoms with van der Waals surface area (Å²) in [7, 11) is -4.30. The van der Waals surface area contributed by atoms with E-state index in [0.717, 1.165) is 24.9 Å². The van der Waals surface area contributed by atoms with Crippen LogP contribution < -0.4 is 0 Å². The minimum absolute atomic E-state index is 0.0461. The largest absolute Gasteiger partial charge is 0.437 e. The molecular weight excluding hydrogens is 277 g/mol. The normalized spacial score (nSPS) is 20.2. The molecule has 0 spiro atoms. The monoisotopic (exact) mass is 297 g/mol. The van der Waals surface area contributed by atoms with Gasteiger partial charge >= 0.3 is 7.05 Å². The van der Waals surface area contributed by atoms with Crippen molar-refractivity contribution in [1.82, 2.24) is 4.81 Å². The average molecular weight is 297 g/mol. The molecular formula is C13H20BNO4S. The molecule has 1 aromatic rings. The zero-order valence-electron chi connectivity index (χ0n) is 11.8. The van der Waals surface area contributed by atoms with E-state index in [-0.39, 0.29) is 17.5 Å². The SMILES string of the molecule is CB(O)N1CCCC1COS(=O)(=O)c1ccc(C)cc1. The standard InChI is InChI=1S/C13H20BNO4S/c1-11-5-7-13(8-6-11)20(17,18)19-10-12-4-3-9-15(12)14(2)16/h5-8,12,16H,3-4,9-10H2,1-2H3. The Bertz CT molecular complexity index is 544. The summed E-state index contributed by atoms with van der Waals surface area (Å²) < 4.78 is 29.3. The number of rotatable bonds is 5. The molecule has 1 aromatic carbocycles. The summed E-state index contributed by atoms with van der Waals surface area (Å²) in [6.07, 6.45) is 1.79. The summed E-state index contributed by atoms with van der Waals surface area (Å²) in [6.45, 7) is 4.44. The summed E-state index contributed by atoms with van der Waals surface area (Å²) in [5, 5.41) is 9.62. The van der Waals surface area contributed by atoms with Crippen molar-refractivity contribution in [2.45, 2.75) is 37.5 Å². The second kappa shape index (κ2) is 6.26. The second-order valence-corrected chi connectivity index (χ2v) is 6.83. The van der Waals surface area contributed by atoms with Crippen molar-refractivity contribution in [2.24, 2.45) is 0 Å². The smallest absolute Gasteiger partial charge is 0.376 e. The quantitative estimate of drug-likeness (QED) is 0.655. The minimum atomic E-state index is -3.72. The molecule has 0 aliphatic carbocycles. The van der Waals surface area contributed by atoms with Crippen molar-refractivity contribution in [1.29, 1.82) is 0 Å². The molecule has 0 bridgehead atoms. The molecule has 1 heterocycles. The van der Waals surface area contributed by atoms with E-state index < -0.39 is 17.2 Å². The van der Waals surface area contributed by atoms with Crippen molar-refractivity contribution >= 4 is 17.2 Å². The van der Waals surface area contributed by atoms with Crippen LogP contribution in [-0.2, 0) is 14.3 Å². The highest BCUT2D eigenvalue weighted by Gasteiger charge is 2.31. The molecule has 1 saturated heterocycles. The molecule has 1 atom stereocenters. The van der Waals surface area contributed by atoms with Gasteiger partial charge in [0, 0.05) is 6.04 Å². The van der Waals surface area contributed by atoms with Crippen LogP contribution in [0.5, 0.6) is 0 Å². The molecule has 0 aromatic heterocycles. The van der Waals surface area contributed by atoms with Gasteiger partial charge in [0.25, 0.3) is 10.1 Å². The highest BCUT2D eigenvalue weighted by molar-refractivity contribution is 7.86. The number of aryl methyl sites for hydroxylation is 1. The first kappa shape index (κ1) is 15.5. The highest BCUT2D eigenvalue weighted by atomic mass is 32.2. The first-order chi connectivity index (χ1) is 9.40. The Hall–Kier alpha value is -0.885. The van der Waals surface area contributed by atoms with E-state index in [1.54, 1.807) is 31.1 Å². The van der Waals surface area contributed by atoms with Crippen LogP contribution in [0.15, 0.2) is 29.2 Å². The maximum absolute atomic E-state index is 12.1. The first-order valence-electron chi connectivity index (χ1n) is 6.80. The Kier molecular flexibility index (Phi) is 4.85.